The highest BCUT2D eigenvalue weighted by Crippen LogP contribution is 2.35. The van der Waals surface area contributed by atoms with E-state index in [1.165, 1.54) is 11.3 Å². The molecule has 3 aromatic rings. The highest BCUT2D eigenvalue weighted by atomic mass is 35.5. The van der Waals surface area contributed by atoms with E-state index in [1.807, 2.05) is 30.3 Å². The molecule has 0 fully saturated rings. The Morgan fingerprint density at radius 2 is 1.95 bits per heavy atom. The van der Waals surface area contributed by atoms with Gasteiger partial charge in [-0.05, 0) is 18.2 Å². The number of carbonyl (C=O) groups is 1. The van der Waals surface area contributed by atoms with Gasteiger partial charge in [0.25, 0.3) is 5.91 Å². The Morgan fingerprint density at radius 3 is 2.68 bits per heavy atom. The molecule has 0 saturated carbocycles. The number of thiophene rings is 1. The molecule has 1 amide bonds. The van der Waals surface area contributed by atoms with Crippen LogP contribution in [-0.2, 0) is 0 Å². The second-order valence-electron chi connectivity index (χ2n) is 3.91. The van der Waals surface area contributed by atoms with E-state index in [1.54, 1.807) is 18.3 Å². The van der Waals surface area contributed by atoms with Crippen LogP contribution in [0, 0.1) is 0 Å². The molecular formula is C14H9ClN2OS. The molecule has 0 spiro atoms. The Balaban J connectivity index is 1.96. The van der Waals surface area contributed by atoms with Crippen molar-refractivity contribution in [3.05, 3.63) is 58.6 Å². The summed E-state index contributed by atoms with van der Waals surface area (Å²) >= 11 is 7.63. The lowest BCUT2D eigenvalue weighted by Gasteiger charge is -2.01. The molecule has 94 valence electrons. The zero-order valence-corrected chi connectivity index (χ0v) is 11.3. The van der Waals surface area contributed by atoms with Gasteiger partial charge in [0.1, 0.15) is 10.7 Å². The summed E-state index contributed by atoms with van der Waals surface area (Å²) in [6.07, 6.45) is 1.63. The van der Waals surface area contributed by atoms with Crippen molar-refractivity contribution in [2.75, 3.05) is 5.32 Å². The molecule has 2 aromatic heterocycles. The zero-order chi connectivity index (χ0) is 13.2. The minimum absolute atomic E-state index is 0.232. The zero-order valence-electron chi connectivity index (χ0n) is 9.76. The van der Waals surface area contributed by atoms with Gasteiger partial charge in [0, 0.05) is 16.3 Å². The van der Waals surface area contributed by atoms with Crippen LogP contribution in [0.4, 0.5) is 5.82 Å². The molecule has 0 saturated heterocycles. The van der Waals surface area contributed by atoms with Crippen molar-refractivity contribution in [2.24, 2.45) is 0 Å². The number of rotatable bonds is 2. The van der Waals surface area contributed by atoms with Gasteiger partial charge in [-0.1, -0.05) is 35.9 Å². The maximum absolute atomic E-state index is 12.2. The van der Waals surface area contributed by atoms with E-state index in [-0.39, 0.29) is 5.91 Å². The highest BCUT2D eigenvalue weighted by molar-refractivity contribution is 7.21. The molecule has 3 nitrogen and oxygen atoms in total. The predicted molar refractivity (Wildman–Crippen MR) is 79.0 cm³/mol. The summed E-state index contributed by atoms with van der Waals surface area (Å²) < 4.78 is 0.999. The summed E-state index contributed by atoms with van der Waals surface area (Å²) in [5, 5.41) is 4.13. The van der Waals surface area contributed by atoms with E-state index in [2.05, 4.69) is 10.3 Å². The van der Waals surface area contributed by atoms with Crippen molar-refractivity contribution < 1.29 is 4.79 Å². The molecule has 0 atom stereocenters. The highest BCUT2D eigenvalue weighted by Gasteiger charge is 2.17. The largest absolute Gasteiger partial charge is 0.306 e. The van der Waals surface area contributed by atoms with Crippen LogP contribution in [0.15, 0.2) is 48.7 Å². The van der Waals surface area contributed by atoms with Gasteiger partial charge in [-0.2, -0.15) is 0 Å². The van der Waals surface area contributed by atoms with Gasteiger partial charge in [-0.25, -0.2) is 4.98 Å². The standard InChI is InChI=1S/C14H9ClN2OS/c15-12-9-5-1-2-6-10(9)19-13(12)14(18)17-11-7-3-4-8-16-11/h1-8H,(H,16,17,18). The molecule has 2 heterocycles. The monoisotopic (exact) mass is 288 g/mol. The summed E-state index contributed by atoms with van der Waals surface area (Å²) in [6.45, 7) is 0. The van der Waals surface area contributed by atoms with E-state index in [4.69, 9.17) is 11.6 Å². The summed E-state index contributed by atoms with van der Waals surface area (Å²) in [4.78, 5) is 16.7. The van der Waals surface area contributed by atoms with Crippen LogP contribution in [-0.4, -0.2) is 10.9 Å². The van der Waals surface area contributed by atoms with Crippen LogP contribution < -0.4 is 5.32 Å². The van der Waals surface area contributed by atoms with Crippen molar-refractivity contribution >= 4 is 44.7 Å². The molecule has 19 heavy (non-hydrogen) atoms. The van der Waals surface area contributed by atoms with Gasteiger partial charge >= 0.3 is 0 Å². The average molecular weight is 289 g/mol. The first-order valence-corrected chi connectivity index (χ1v) is 6.84. The van der Waals surface area contributed by atoms with Crippen LogP contribution in [0.1, 0.15) is 9.67 Å². The Labute approximate surface area is 118 Å². The first-order chi connectivity index (χ1) is 9.25. The van der Waals surface area contributed by atoms with Crippen molar-refractivity contribution in [1.29, 1.82) is 0 Å². The fraction of sp³-hybridized carbons (Fsp3) is 0. The second kappa shape index (κ2) is 4.99. The second-order valence-corrected chi connectivity index (χ2v) is 5.34. The Morgan fingerprint density at radius 1 is 1.16 bits per heavy atom. The van der Waals surface area contributed by atoms with E-state index < -0.39 is 0 Å². The molecule has 0 unspecified atom stereocenters. The molecule has 3 rings (SSSR count). The third kappa shape index (κ3) is 2.32. The van der Waals surface area contributed by atoms with Gasteiger partial charge in [0.15, 0.2) is 0 Å². The average Bonchev–Trinajstić information content (AvgIpc) is 2.78. The third-order valence-corrected chi connectivity index (χ3v) is 4.32. The molecule has 0 aliphatic rings. The van der Waals surface area contributed by atoms with Gasteiger partial charge in [0.2, 0.25) is 0 Å². The topological polar surface area (TPSA) is 42.0 Å². The van der Waals surface area contributed by atoms with Crippen LogP contribution in [0.2, 0.25) is 5.02 Å². The summed E-state index contributed by atoms with van der Waals surface area (Å²) in [5.41, 5.74) is 0. The number of fused-ring (bicyclic) bond motifs is 1. The van der Waals surface area contributed by atoms with Gasteiger partial charge < -0.3 is 5.32 Å². The maximum atomic E-state index is 12.2. The lowest BCUT2D eigenvalue weighted by atomic mass is 10.2. The molecule has 0 radical (unpaired) electrons. The smallest absolute Gasteiger partial charge is 0.268 e. The first kappa shape index (κ1) is 12.1. The Kier molecular flexibility index (Phi) is 3.19. The molecule has 5 heteroatoms. The fourth-order valence-electron chi connectivity index (χ4n) is 1.77. The number of hydrogen-bond donors (Lipinski definition) is 1. The molecule has 1 N–H and O–H groups in total. The number of halogens is 1. The Hall–Kier alpha value is -1.91. The number of benzene rings is 1. The number of anilines is 1. The third-order valence-electron chi connectivity index (χ3n) is 2.65. The summed E-state index contributed by atoms with van der Waals surface area (Å²) in [5.74, 6) is 0.283. The number of amides is 1. The van der Waals surface area contributed by atoms with Gasteiger partial charge in [0.05, 0.1) is 5.02 Å². The quantitative estimate of drug-likeness (QED) is 0.768. The van der Waals surface area contributed by atoms with Crippen LogP contribution in [0.5, 0.6) is 0 Å². The normalized spacial score (nSPS) is 10.6. The lowest BCUT2D eigenvalue weighted by molar-refractivity contribution is 0.103. The van der Waals surface area contributed by atoms with Crippen molar-refractivity contribution in [3.63, 3.8) is 0 Å². The number of hydrogen-bond acceptors (Lipinski definition) is 3. The number of nitrogens with zero attached hydrogens (tertiary/aromatic N) is 1. The van der Waals surface area contributed by atoms with E-state index in [0.29, 0.717) is 15.7 Å². The summed E-state index contributed by atoms with van der Waals surface area (Å²) in [7, 11) is 0. The van der Waals surface area contributed by atoms with E-state index in [0.717, 1.165) is 10.1 Å². The number of aromatic nitrogens is 1. The van der Waals surface area contributed by atoms with Crippen molar-refractivity contribution in [1.82, 2.24) is 4.98 Å². The van der Waals surface area contributed by atoms with Crippen LogP contribution in [0.25, 0.3) is 10.1 Å². The van der Waals surface area contributed by atoms with Crippen molar-refractivity contribution in [2.45, 2.75) is 0 Å². The molecule has 0 aliphatic carbocycles. The molecule has 0 bridgehead atoms. The molecule has 1 aromatic carbocycles. The predicted octanol–water partition coefficient (Wildman–Crippen LogP) is 4.20. The lowest BCUT2D eigenvalue weighted by Crippen LogP contribution is -2.11. The number of carbonyl (C=O) groups excluding carboxylic acids is 1. The number of nitrogens with one attached hydrogen (secondary N) is 1. The molecular weight excluding hydrogens is 280 g/mol. The van der Waals surface area contributed by atoms with Gasteiger partial charge in [-0.15, -0.1) is 11.3 Å². The first-order valence-electron chi connectivity index (χ1n) is 5.65. The number of pyridine rings is 1. The van der Waals surface area contributed by atoms with Crippen molar-refractivity contribution in [3.8, 4) is 0 Å². The van der Waals surface area contributed by atoms with E-state index in [9.17, 15) is 4.79 Å². The minimum atomic E-state index is -0.232. The summed E-state index contributed by atoms with van der Waals surface area (Å²) in [6, 6.07) is 13.0. The molecule has 0 aliphatic heterocycles. The SMILES string of the molecule is O=C(Nc1ccccn1)c1sc2ccccc2c1Cl. The van der Waals surface area contributed by atoms with Gasteiger partial charge in [-0.3, -0.25) is 4.79 Å². The fourth-order valence-corrected chi connectivity index (χ4v) is 3.18. The maximum Gasteiger partial charge on any atom is 0.268 e. The van der Waals surface area contributed by atoms with Crippen LogP contribution in [0.3, 0.4) is 0 Å². The van der Waals surface area contributed by atoms with Crippen LogP contribution >= 0.6 is 22.9 Å². The minimum Gasteiger partial charge on any atom is -0.306 e. The van der Waals surface area contributed by atoms with E-state index >= 15 is 0 Å². The Bertz CT molecular complexity index is 740.